The van der Waals surface area contributed by atoms with Crippen LogP contribution >= 0.6 is 0 Å². The minimum absolute atomic E-state index is 0.250. The number of quaternary nitrogens is 1. The quantitative estimate of drug-likeness (QED) is 0.491. The van der Waals surface area contributed by atoms with Crippen molar-refractivity contribution >= 4 is 0 Å². The summed E-state index contributed by atoms with van der Waals surface area (Å²) in [4.78, 5) is 0. The topological polar surface area (TPSA) is 20.2 Å². The van der Waals surface area contributed by atoms with Gasteiger partial charge in [0.25, 0.3) is 0 Å². The van der Waals surface area contributed by atoms with E-state index >= 15 is 0 Å². The minimum Gasteiger partial charge on any atom is -0.217 e. The van der Waals surface area contributed by atoms with Crippen molar-refractivity contribution in [1.29, 1.82) is 0 Å². The van der Waals surface area contributed by atoms with Crippen LogP contribution in [0.25, 0.3) is 0 Å². The largest absolute Gasteiger partial charge is 0.217 e. The Morgan fingerprint density at radius 2 is 1.44 bits per heavy atom. The first-order valence-corrected chi connectivity index (χ1v) is 3.78. The first kappa shape index (κ1) is 7.03. The molecule has 1 saturated heterocycles. The molecule has 1 fully saturated rings. The SMILES string of the molecule is C[N+]1(O)CCCCCC1. The van der Waals surface area contributed by atoms with Crippen LogP contribution < -0.4 is 0 Å². The van der Waals surface area contributed by atoms with Gasteiger partial charge in [-0.15, -0.1) is 0 Å². The average molecular weight is 130 g/mol. The van der Waals surface area contributed by atoms with Gasteiger partial charge in [-0.2, -0.15) is 4.65 Å². The fourth-order valence-electron chi connectivity index (χ4n) is 1.37. The zero-order valence-corrected chi connectivity index (χ0v) is 6.14. The van der Waals surface area contributed by atoms with Gasteiger partial charge in [0.2, 0.25) is 0 Å². The average Bonchev–Trinajstić information content (AvgIpc) is 1.92. The van der Waals surface area contributed by atoms with E-state index in [-0.39, 0.29) is 4.65 Å². The normalized spacial score (nSPS) is 27.3. The highest BCUT2D eigenvalue weighted by atomic mass is 16.5. The van der Waals surface area contributed by atoms with Gasteiger partial charge in [0.1, 0.15) is 13.1 Å². The van der Waals surface area contributed by atoms with E-state index in [9.17, 15) is 5.21 Å². The van der Waals surface area contributed by atoms with Crippen molar-refractivity contribution in [2.75, 3.05) is 20.1 Å². The van der Waals surface area contributed by atoms with Crippen LogP contribution in [0.3, 0.4) is 0 Å². The maximum absolute atomic E-state index is 9.49. The van der Waals surface area contributed by atoms with Crippen LogP contribution in [0.1, 0.15) is 25.7 Å². The summed E-state index contributed by atoms with van der Waals surface area (Å²) in [5, 5.41) is 9.49. The molecule has 1 N–H and O–H groups in total. The second-order valence-corrected chi connectivity index (χ2v) is 3.20. The van der Waals surface area contributed by atoms with Crippen molar-refractivity contribution in [2.24, 2.45) is 0 Å². The summed E-state index contributed by atoms with van der Waals surface area (Å²) in [5.41, 5.74) is 0. The highest BCUT2D eigenvalue weighted by molar-refractivity contribution is 4.46. The maximum Gasteiger partial charge on any atom is 0.108 e. The third-order valence-electron chi connectivity index (χ3n) is 2.03. The van der Waals surface area contributed by atoms with E-state index in [4.69, 9.17) is 0 Å². The van der Waals surface area contributed by atoms with Crippen LogP contribution in [-0.2, 0) is 0 Å². The first-order valence-electron chi connectivity index (χ1n) is 3.78. The van der Waals surface area contributed by atoms with Gasteiger partial charge in [-0.05, 0) is 25.7 Å². The van der Waals surface area contributed by atoms with Crippen molar-refractivity contribution in [3.63, 3.8) is 0 Å². The van der Waals surface area contributed by atoms with Crippen LogP contribution in [0.15, 0.2) is 0 Å². The summed E-state index contributed by atoms with van der Waals surface area (Å²) in [5.74, 6) is 0. The minimum atomic E-state index is 0.250. The molecule has 0 spiro atoms. The molecule has 1 aliphatic heterocycles. The zero-order valence-electron chi connectivity index (χ0n) is 6.14. The summed E-state index contributed by atoms with van der Waals surface area (Å²) in [6.45, 7) is 1.89. The van der Waals surface area contributed by atoms with Gasteiger partial charge < -0.3 is 0 Å². The molecule has 54 valence electrons. The Morgan fingerprint density at radius 1 is 1.00 bits per heavy atom. The molecule has 0 atom stereocenters. The van der Waals surface area contributed by atoms with Crippen molar-refractivity contribution in [1.82, 2.24) is 0 Å². The fraction of sp³-hybridized carbons (Fsp3) is 1.00. The predicted octanol–water partition coefficient (Wildman–Crippen LogP) is 1.40. The molecule has 0 aromatic carbocycles. The number of nitrogens with zero attached hydrogens (tertiary/aromatic N) is 1. The summed E-state index contributed by atoms with van der Waals surface area (Å²) in [6, 6.07) is 0. The maximum atomic E-state index is 9.49. The lowest BCUT2D eigenvalue weighted by atomic mass is 10.2. The van der Waals surface area contributed by atoms with Crippen LogP contribution in [-0.4, -0.2) is 30.0 Å². The van der Waals surface area contributed by atoms with Gasteiger partial charge in [-0.3, -0.25) is 0 Å². The van der Waals surface area contributed by atoms with E-state index in [1.807, 2.05) is 7.05 Å². The molecule has 0 radical (unpaired) electrons. The summed E-state index contributed by atoms with van der Waals surface area (Å²) in [7, 11) is 1.89. The second kappa shape index (κ2) is 2.67. The number of likely N-dealkylation sites (tertiary alicyclic amines) is 1. The van der Waals surface area contributed by atoms with Gasteiger partial charge in [0.05, 0.1) is 7.05 Å². The lowest BCUT2D eigenvalue weighted by Crippen LogP contribution is -2.40. The fourth-order valence-corrected chi connectivity index (χ4v) is 1.37. The number of hydrogen-bond acceptors (Lipinski definition) is 1. The van der Waals surface area contributed by atoms with Crippen LogP contribution in [0.5, 0.6) is 0 Å². The molecule has 0 bridgehead atoms. The third-order valence-corrected chi connectivity index (χ3v) is 2.03. The second-order valence-electron chi connectivity index (χ2n) is 3.20. The van der Waals surface area contributed by atoms with E-state index in [0.29, 0.717) is 0 Å². The van der Waals surface area contributed by atoms with Gasteiger partial charge in [-0.1, -0.05) is 0 Å². The van der Waals surface area contributed by atoms with E-state index < -0.39 is 0 Å². The lowest BCUT2D eigenvalue weighted by molar-refractivity contribution is -1.09. The smallest absolute Gasteiger partial charge is 0.108 e. The summed E-state index contributed by atoms with van der Waals surface area (Å²) < 4.78 is 0.250. The molecule has 2 nitrogen and oxygen atoms in total. The van der Waals surface area contributed by atoms with E-state index in [0.717, 1.165) is 13.1 Å². The monoisotopic (exact) mass is 130 g/mol. The molecule has 1 aliphatic rings. The molecule has 1 rings (SSSR count). The summed E-state index contributed by atoms with van der Waals surface area (Å²) in [6.07, 6.45) is 4.97. The summed E-state index contributed by atoms with van der Waals surface area (Å²) >= 11 is 0. The lowest BCUT2D eigenvalue weighted by Gasteiger charge is -2.22. The Morgan fingerprint density at radius 3 is 1.89 bits per heavy atom. The zero-order chi connectivity index (χ0) is 6.74. The Balaban J connectivity index is 2.36. The Bertz CT molecular complexity index is 80.9. The molecule has 9 heavy (non-hydrogen) atoms. The molecule has 0 aromatic heterocycles. The first-order chi connectivity index (χ1) is 4.21. The Kier molecular flexibility index (Phi) is 2.09. The van der Waals surface area contributed by atoms with Gasteiger partial charge >= 0.3 is 0 Å². The molecule has 2 heteroatoms. The van der Waals surface area contributed by atoms with Gasteiger partial charge in [0.15, 0.2) is 0 Å². The van der Waals surface area contributed by atoms with Gasteiger partial charge in [-0.25, -0.2) is 5.21 Å². The highest BCUT2D eigenvalue weighted by Gasteiger charge is 2.19. The molecule has 0 aliphatic carbocycles. The van der Waals surface area contributed by atoms with Crippen LogP contribution in [0.2, 0.25) is 0 Å². The number of rotatable bonds is 0. The molecule has 0 aromatic rings. The van der Waals surface area contributed by atoms with Crippen molar-refractivity contribution in [3.05, 3.63) is 0 Å². The van der Waals surface area contributed by atoms with Crippen molar-refractivity contribution in [3.8, 4) is 0 Å². The highest BCUT2D eigenvalue weighted by Crippen LogP contribution is 2.12. The Hall–Kier alpha value is -0.0800. The van der Waals surface area contributed by atoms with E-state index in [2.05, 4.69) is 0 Å². The molecule has 1 heterocycles. The number of hydroxylamine groups is 3. The number of hydrogen-bond donors (Lipinski definition) is 1. The Labute approximate surface area is 56.6 Å². The standard InChI is InChI=1S/C7H16NO/c1-8(9)6-4-2-3-5-7-8/h9H,2-7H2,1H3/q+1. The molecule has 0 saturated carbocycles. The van der Waals surface area contributed by atoms with Crippen molar-refractivity contribution in [2.45, 2.75) is 25.7 Å². The van der Waals surface area contributed by atoms with E-state index in [1.54, 1.807) is 0 Å². The molecule has 0 unspecified atom stereocenters. The van der Waals surface area contributed by atoms with Gasteiger partial charge in [0, 0.05) is 0 Å². The molecular formula is C7H16NO+. The third kappa shape index (κ3) is 2.33. The van der Waals surface area contributed by atoms with Crippen LogP contribution in [0, 0.1) is 0 Å². The predicted molar refractivity (Wildman–Crippen MR) is 36.2 cm³/mol. The van der Waals surface area contributed by atoms with Crippen molar-refractivity contribution < 1.29 is 9.85 Å². The molecule has 0 amide bonds. The van der Waals surface area contributed by atoms with Crippen LogP contribution in [0.4, 0.5) is 0 Å². The molecular weight excluding hydrogens is 114 g/mol. The van der Waals surface area contributed by atoms with E-state index in [1.165, 1.54) is 25.7 Å².